The summed E-state index contributed by atoms with van der Waals surface area (Å²) in [6, 6.07) is 0. The van der Waals surface area contributed by atoms with Crippen molar-refractivity contribution in [2.45, 2.75) is 72.0 Å². The minimum atomic E-state index is -0.989. The summed E-state index contributed by atoms with van der Waals surface area (Å²) in [5.41, 5.74) is 2.00. The van der Waals surface area contributed by atoms with Gasteiger partial charge in [-0.1, -0.05) is 6.92 Å². The maximum Gasteiger partial charge on any atom is 0.350 e. The molecule has 0 saturated heterocycles. The van der Waals surface area contributed by atoms with E-state index in [1.807, 2.05) is 20.8 Å². The predicted molar refractivity (Wildman–Crippen MR) is 105 cm³/mol. The van der Waals surface area contributed by atoms with Gasteiger partial charge in [-0.25, -0.2) is 4.79 Å². The summed E-state index contributed by atoms with van der Waals surface area (Å²) in [5.74, 6) is 0.456. The number of rotatable bonds is 7. The van der Waals surface area contributed by atoms with E-state index >= 15 is 0 Å². The number of allylic oxidation sites excluding steroid dienone is 2. The minimum absolute atomic E-state index is 0.302. The Morgan fingerprint density at radius 2 is 1.96 bits per heavy atom. The van der Waals surface area contributed by atoms with Crippen LogP contribution in [0.5, 0.6) is 0 Å². The van der Waals surface area contributed by atoms with Crippen LogP contribution in [0.1, 0.15) is 60.3 Å². The number of aliphatic hydroxyl groups is 1. The molecule has 150 valence electrons. The molecule has 26 heavy (non-hydrogen) atoms. The van der Waals surface area contributed by atoms with Crippen LogP contribution in [0, 0.1) is 0 Å². The highest BCUT2D eigenvalue weighted by Gasteiger charge is 2.40. The van der Waals surface area contributed by atoms with Crippen LogP contribution in [-0.2, 0) is 14.3 Å². The molecule has 0 aliphatic carbocycles. The van der Waals surface area contributed by atoms with Crippen molar-refractivity contribution in [2.75, 3.05) is 34.3 Å². The van der Waals surface area contributed by atoms with E-state index in [-0.39, 0.29) is 5.97 Å². The van der Waals surface area contributed by atoms with Gasteiger partial charge in [-0.05, 0) is 70.1 Å². The molecule has 0 saturated carbocycles. The Labute approximate surface area is 159 Å². The van der Waals surface area contributed by atoms with Gasteiger partial charge in [-0.3, -0.25) is 0 Å². The molecule has 0 aromatic carbocycles. The van der Waals surface area contributed by atoms with Crippen molar-refractivity contribution >= 4 is 5.97 Å². The van der Waals surface area contributed by atoms with Crippen LogP contribution in [-0.4, -0.2) is 61.6 Å². The molecule has 0 amide bonds. The van der Waals surface area contributed by atoms with Crippen molar-refractivity contribution in [2.24, 2.45) is 0 Å². The Hall–Kier alpha value is -1.33. The number of quaternary nitrogens is 1. The number of ether oxygens (including phenoxy) is 2. The summed E-state index contributed by atoms with van der Waals surface area (Å²) in [4.78, 5) is 12.8. The number of aliphatic hydroxyl groups excluding tert-OH is 1. The molecule has 0 fully saturated rings. The molecule has 0 aromatic rings. The lowest BCUT2D eigenvalue weighted by Crippen LogP contribution is -2.43. The van der Waals surface area contributed by atoms with Crippen LogP contribution < -0.4 is 0 Å². The second-order valence-electron chi connectivity index (χ2n) is 8.61. The quantitative estimate of drug-likeness (QED) is 0.551. The Kier molecular flexibility index (Phi) is 7.90. The first kappa shape index (κ1) is 22.7. The molecular weight excluding hydrogens is 330 g/mol. The molecule has 1 aliphatic heterocycles. The van der Waals surface area contributed by atoms with Gasteiger partial charge in [0.2, 0.25) is 5.60 Å². The lowest BCUT2D eigenvalue weighted by atomic mass is 9.97. The van der Waals surface area contributed by atoms with Crippen molar-refractivity contribution < 1.29 is 23.9 Å². The van der Waals surface area contributed by atoms with Crippen LogP contribution >= 0.6 is 0 Å². The number of nitrogens with zero attached hydrogens (tertiary/aromatic N) is 1. The third-order valence-corrected chi connectivity index (χ3v) is 5.19. The van der Waals surface area contributed by atoms with Crippen molar-refractivity contribution in [3.63, 3.8) is 0 Å². The van der Waals surface area contributed by atoms with Crippen LogP contribution in [0.3, 0.4) is 0 Å². The largest absolute Gasteiger partial charge is 0.476 e. The lowest BCUT2D eigenvalue weighted by Gasteiger charge is -2.30. The van der Waals surface area contributed by atoms with E-state index in [0.717, 1.165) is 47.2 Å². The van der Waals surface area contributed by atoms with Crippen molar-refractivity contribution in [3.8, 4) is 0 Å². The van der Waals surface area contributed by atoms with Crippen molar-refractivity contribution in [1.29, 1.82) is 0 Å². The first-order valence-corrected chi connectivity index (χ1v) is 9.66. The van der Waals surface area contributed by atoms with Gasteiger partial charge in [0.1, 0.15) is 18.9 Å². The summed E-state index contributed by atoms with van der Waals surface area (Å²) in [6.07, 6.45) is 2.73. The molecular formula is C21H38NO4+. The van der Waals surface area contributed by atoms with Crippen molar-refractivity contribution in [3.05, 3.63) is 22.5 Å². The molecule has 2 atom stereocenters. The maximum atomic E-state index is 12.8. The lowest BCUT2D eigenvalue weighted by molar-refractivity contribution is -0.870. The van der Waals surface area contributed by atoms with Crippen molar-refractivity contribution in [1.82, 2.24) is 0 Å². The Bertz CT molecular complexity index is 569. The Morgan fingerprint density at radius 3 is 2.46 bits per heavy atom. The zero-order valence-corrected chi connectivity index (χ0v) is 17.9. The summed E-state index contributed by atoms with van der Waals surface area (Å²) in [6.45, 7) is 10.7. The number of esters is 1. The van der Waals surface area contributed by atoms with Gasteiger partial charge in [-0.15, -0.1) is 0 Å². The average Bonchev–Trinajstić information content (AvgIpc) is 2.71. The molecule has 0 bridgehead atoms. The number of carbonyl (C=O) groups excluding carboxylic acids is 1. The highest BCUT2D eigenvalue weighted by atomic mass is 16.6. The topological polar surface area (TPSA) is 55.8 Å². The number of hydrogen-bond acceptors (Lipinski definition) is 4. The van der Waals surface area contributed by atoms with Crippen LogP contribution in [0.4, 0.5) is 0 Å². The summed E-state index contributed by atoms with van der Waals surface area (Å²) in [7, 11) is 6.21. The molecule has 5 nitrogen and oxygen atoms in total. The van der Waals surface area contributed by atoms with E-state index in [4.69, 9.17) is 9.47 Å². The highest BCUT2D eigenvalue weighted by molar-refractivity contribution is 5.79. The van der Waals surface area contributed by atoms with E-state index in [1.165, 1.54) is 5.57 Å². The second-order valence-corrected chi connectivity index (χ2v) is 8.61. The van der Waals surface area contributed by atoms with Gasteiger partial charge < -0.3 is 19.1 Å². The van der Waals surface area contributed by atoms with Gasteiger partial charge in [0.15, 0.2) is 0 Å². The molecule has 5 heteroatoms. The van der Waals surface area contributed by atoms with E-state index in [0.29, 0.717) is 13.0 Å². The smallest absolute Gasteiger partial charge is 0.350 e. The zero-order chi connectivity index (χ0) is 20.1. The standard InChI is InChI=1S/C21H38NO4/c1-9-18-11-10-12-21(5,20(24)25-14-13-22(6,7)8)26-19(18)16(3)15(2)17(4)23/h17,23H,9-14H2,1-8H3/q+1/b16-15-. The van der Waals surface area contributed by atoms with Crippen LogP contribution in [0.15, 0.2) is 22.5 Å². The third kappa shape index (κ3) is 6.13. The molecule has 1 rings (SSSR count). The fourth-order valence-corrected chi connectivity index (χ4v) is 2.98. The average molecular weight is 369 g/mol. The fraction of sp³-hybridized carbons (Fsp3) is 0.762. The summed E-state index contributed by atoms with van der Waals surface area (Å²) >= 11 is 0. The van der Waals surface area contributed by atoms with E-state index in [1.54, 1.807) is 6.92 Å². The molecule has 0 spiro atoms. The molecule has 1 heterocycles. The molecule has 0 aromatic heterocycles. The van der Waals surface area contributed by atoms with E-state index < -0.39 is 11.7 Å². The minimum Gasteiger partial charge on any atom is -0.476 e. The van der Waals surface area contributed by atoms with Gasteiger partial charge >= 0.3 is 5.97 Å². The van der Waals surface area contributed by atoms with Crippen LogP contribution in [0.2, 0.25) is 0 Å². The number of likely N-dealkylation sites (N-methyl/N-ethyl adjacent to an activating group) is 1. The monoisotopic (exact) mass is 368 g/mol. The fourth-order valence-electron chi connectivity index (χ4n) is 2.98. The van der Waals surface area contributed by atoms with E-state index in [2.05, 4.69) is 28.1 Å². The van der Waals surface area contributed by atoms with E-state index in [9.17, 15) is 9.90 Å². The first-order chi connectivity index (χ1) is 11.9. The molecule has 0 radical (unpaired) electrons. The molecule has 2 unspecified atom stereocenters. The summed E-state index contributed by atoms with van der Waals surface area (Å²) in [5, 5.41) is 9.95. The number of hydrogen-bond donors (Lipinski definition) is 1. The van der Waals surface area contributed by atoms with Gasteiger partial charge in [0.25, 0.3) is 0 Å². The van der Waals surface area contributed by atoms with Gasteiger partial charge in [-0.2, -0.15) is 0 Å². The third-order valence-electron chi connectivity index (χ3n) is 5.19. The normalized spacial score (nSPS) is 23.7. The Balaban J connectivity index is 3.07. The SMILES string of the molecule is CCC1=C(/C(C)=C(/C)C(C)O)OC(C)(C(=O)OCC[N+](C)(C)C)CCC1. The second kappa shape index (κ2) is 9.05. The van der Waals surface area contributed by atoms with Gasteiger partial charge in [0, 0.05) is 0 Å². The van der Waals surface area contributed by atoms with Crippen LogP contribution in [0.25, 0.3) is 0 Å². The highest BCUT2D eigenvalue weighted by Crippen LogP contribution is 2.36. The summed E-state index contributed by atoms with van der Waals surface area (Å²) < 4.78 is 12.6. The maximum absolute atomic E-state index is 12.8. The predicted octanol–water partition coefficient (Wildman–Crippen LogP) is 3.58. The van der Waals surface area contributed by atoms with Gasteiger partial charge in [0.05, 0.1) is 27.2 Å². The zero-order valence-electron chi connectivity index (χ0n) is 17.9. The molecule has 1 aliphatic rings. The number of carbonyl (C=O) groups is 1. The molecule has 1 N–H and O–H groups in total. The first-order valence-electron chi connectivity index (χ1n) is 9.66. The Morgan fingerprint density at radius 1 is 1.35 bits per heavy atom.